The Morgan fingerprint density at radius 3 is 2.11 bits per heavy atom. The summed E-state index contributed by atoms with van der Waals surface area (Å²) >= 11 is 0. The molecule has 0 saturated heterocycles. The van der Waals surface area contributed by atoms with E-state index in [0.717, 1.165) is 17.5 Å². The number of methoxy groups -OCH3 is 3. The lowest BCUT2D eigenvalue weighted by atomic mass is 10.1. The highest BCUT2D eigenvalue weighted by Gasteiger charge is 2.22. The molecule has 0 bridgehead atoms. The summed E-state index contributed by atoms with van der Waals surface area (Å²) in [5.74, 6) is 1.70. The first kappa shape index (κ1) is 18.6. The monoisotopic (exact) mass is 366 g/mol. The molecule has 5 nitrogen and oxygen atoms in total. The SMILES string of the molecule is CCc1ccc(C2=CC(=Cc3cc(OC)c(OC)c(OC)c3)C(=O)O2)cc1. The molecule has 0 N–H and O–H groups in total. The van der Waals surface area contributed by atoms with Crippen molar-refractivity contribution in [3.63, 3.8) is 0 Å². The van der Waals surface area contributed by atoms with Crippen LogP contribution in [0.2, 0.25) is 0 Å². The smallest absolute Gasteiger partial charge is 0.343 e. The van der Waals surface area contributed by atoms with E-state index in [0.29, 0.717) is 28.6 Å². The first-order valence-electron chi connectivity index (χ1n) is 8.64. The van der Waals surface area contributed by atoms with Gasteiger partial charge in [-0.25, -0.2) is 4.79 Å². The molecule has 2 aromatic carbocycles. The summed E-state index contributed by atoms with van der Waals surface area (Å²) in [6, 6.07) is 11.5. The molecule has 0 atom stereocenters. The third-order valence-corrected chi connectivity index (χ3v) is 4.38. The second-order valence-corrected chi connectivity index (χ2v) is 6.01. The number of rotatable bonds is 6. The van der Waals surface area contributed by atoms with Crippen LogP contribution in [0.1, 0.15) is 23.6 Å². The molecule has 27 heavy (non-hydrogen) atoms. The molecule has 0 spiro atoms. The van der Waals surface area contributed by atoms with Crippen molar-refractivity contribution in [3.8, 4) is 17.2 Å². The average molecular weight is 366 g/mol. The fraction of sp³-hybridized carbons (Fsp3) is 0.227. The van der Waals surface area contributed by atoms with Gasteiger partial charge in [0.05, 0.1) is 26.9 Å². The molecule has 0 unspecified atom stereocenters. The van der Waals surface area contributed by atoms with Gasteiger partial charge in [0.15, 0.2) is 11.5 Å². The molecule has 1 aliphatic rings. The molecule has 0 fully saturated rings. The Labute approximate surface area is 158 Å². The second-order valence-electron chi connectivity index (χ2n) is 6.01. The van der Waals surface area contributed by atoms with Crippen LogP contribution < -0.4 is 14.2 Å². The zero-order chi connectivity index (χ0) is 19.4. The maximum absolute atomic E-state index is 12.3. The molecule has 1 heterocycles. The van der Waals surface area contributed by atoms with Gasteiger partial charge in [-0.05, 0) is 41.8 Å². The largest absolute Gasteiger partial charge is 0.493 e. The van der Waals surface area contributed by atoms with Gasteiger partial charge >= 0.3 is 5.97 Å². The van der Waals surface area contributed by atoms with Crippen LogP contribution in [-0.2, 0) is 16.0 Å². The Bertz CT molecular complexity index is 882. The van der Waals surface area contributed by atoms with Crippen molar-refractivity contribution in [3.05, 3.63) is 64.7 Å². The van der Waals surface area contributed by atoms with Crippen molar-refractivity contribution < 1.29 is 23.7 Å². The minimum atomic E-state index is -0.390. The second kappa shape index (κ2) is 7.99. The first-order chi connectivity index (χ1) is 13.1. The number of cyclic esters (lactones) is 1. The average Bonchev–Trinajstić information content (AvgIpc) is 3.07. The van der Waals surface area contributed by atoms with E-state index in [1.54, 1.807) is 45.6 Å². The van der Waals surface area contributed by atoms with Crippen molar-refractivity contribution in [1.82, 2.24) is 0 Å². The van der Waals surface area contributed by atoms with E-state index < -0.39 is 5.97 Å². The lowest BCUT2D eigenvalue weighted by Gasteiger charge is -2.12. The van der Waals surface area contributed by atoms with Crippen molar-refractivity contribution in [2.45, 2.75) is 13.3 Å². The van der Waals surface area contributed by atoms with E-state index in [1.807, 2.05) is 24.3 Å². The van der Waals surface area contributed by atoms with Crippen molar-refractivity contribution >= 4 is 17.8 Å². The molecule has 0 aromatic heterocycles. The van der Waals surface area contributed by atoms with Gasteiger partial charge < -0.3 is 18.9 Å². The van der Waals surface area contributed by atoms with Crippen molar-refractivity contribution in [2.24, 2.45) is 0 Å². The summed E-state index contributed by atoms with van der Waals surface area (Å²) < 4.78 is 21.5. The molecular formula is C22H22O5. The lowest BCUT2D eigenvalue weighted by molar-refractivity contribution is -0.130. The number of esters is 1. The minimum absolute atomic E-state index is 0.390. The predicted octanol–water partition coefficient (Wildman–Crippen LogP) is 4.26. The van der Waals surface area contributed by atoms with Crippen LogP contribution in [0, 0.1) is 0 Å². The molecule has 0 amide bonds. The van der Waals surface area contributed by atoms with Gasteiger partial charge in [-0.15, -0.1) is 0 Å². The van der Waals surface area contributed by atoms with Gasteiger partial charge in [0.1, 0.15) is 5.76 Å². The Kier molecular flexibility index (Phi) is 5.50. The van der Waals surface area contributed by atoms with Crippen LogP contribution >= 0.6 is 0 Å². The van der Waals surface area contributed by atoms with Gasteiger partial charge in [-0.2, -0.15) is 0 Å². The molecular weight excluding hydrogens is 344 g/mol. The van der Waals surface area contributed by atoms with Crippen molar-refractivity contribution in [1.29, 1.82) is 0 Å². The summed E-state index contributed by atoms with van der Waals surface area (Å²) in [7, 11) is 4.65. The highest BCUT2D eigenvalue weighted by molar-refractivity contribution is 6.05. The minimum Gasteiger partial charge on any atom is -0.493 e. The van der Waals surface area contributed by atoms with Crippen molar-refractivity contribution in [2.75, 3.05) is 21.3 Å². The summed E-state index contributed by atoms with van der Waals surface area (Å²) in [6.45, 7) is 2.10. The Hall–Kier alpha value is -3.21. The predicted molar refractivity (Wildman–Crippen MR) is 104 cm³/mol. The number of hydrogen-bond donors (Lipinski definition) is 0. The maximum atomic E-state index is 12.3. The van der Waals surface area contributed by atoms with Gasteiger partial charge in [0.25, 0.3) is 0 Å². The van der Waals surface area contributed by atoms with Gasteiger partial charge in [-0.1, -0.05) is 31.2 Å². The fourth-order valence-corrected chi connectivity index (χ4v) is 2.90. The van der Waals surface area contributed by atoms with E-state index in [1.165, 1.54) is 5.56 Å². The summed E-state index contributed by atoms with van der Waals surface area (Å²) in [5.41, 5.74) is 3.31. The van der Waals surface area contributed by atoms with Gasteiger partial charge in [-0.3, -0.25) is 0 Å². The third kappa shape index (κ3) is 3.82. The molecule has 0 aliphatic carbocycles. The normalized spacial score (nSPS) is 14.7. The van der Waals surface area contributed by atoms with Crippen LogP contribution in [0.25, 0.3) is 11.8 Å². The maximum Gasteiger partial charge on any atom is 0.343 e. The van der Waals surface area contributed by atoms with E-state index in [9.17, 15) is 4.79 Å². The number of ether oxygens (including phenoxy) is 4. The van der Waals surface area contributed by atoms with Gasteiger partial charge in [0.2, 0.25) is 5.75 Å². The first-order valence-corrected chi connectivity index (χ1v) is 8.64. The van der Waals surface area contributed by atoms with Gasteiger partial charge in [0, 0.05) is 5.56 Å². The molecule has 1 aliphatic heterocycles. The Morgan fingerprint density at radius 2 is 1.59 bits per heavy atom. The molecule has 3 rings (SSSR count). The topological polar surface area (TPSA) is 54.0 Å². The van der Waals surface area contributed by atoms with Crippen LogP contribution in [0.3, 0.4) is 0 Å². The summed E-state index contributed by atoms with van der Waals surface area (Å²) in [4.78, 5) is 12.3. The van der Waals surface area contributed by atoms with E-state index in [-0.39, 0.29) is 0 Å². The lowest BCUT2D eigenvalue weighted by Crippen LogP contribution is -1.98. The van der Waals surface area contributed by atoms with E-state index >= 15 is 0 Å². The van der Waals surface area contributed by atoms with E-state index in [4.69, 9.17) is 18.9 Å². The zero-order valence-corrected chi connectivity index (χ0v) is 15.9. The van der Waals surface area contributed by atoms with Crippen LogP contribution in [0.4, 0.5) is 0 Å². The highest BCUT2D eigenvalue weighted by atomic mass is 16.5. The molecule has 5 heteroatoms. The summed E-state index contributed by atoms with van der Waals surface area (Å²) in [5, 5.41) is 0. The van der Waals surface area contributed by atoms with Crippen LogP contribution in [0.15, 0.2) is 48.0 Å². The summed E-state index contributed by atoms with van der Waals surface area (Å²) in [6.07, 6.45) is 4.44. The number of carbonyl (C=O) groups is 1. The molecule has 140 valence electrons. The quantitative estimate of drug-likeness (QED) is 0.565. The Morgan fingerprint density at radius 1 is 0.963 bits per heavy atom. The van der Waals surface area contributed by atoms with Crippen LogP contribution in [0.5, 0.6) is 17.2 Å². The standard InChI is InChI=1S/C22H22O5/c1-5-14-6-8-16(9-7-14)18-13-17(22(23)27-18)10-15-11-19(24-2)21(26-4)20(12-15)25-3/h6-13H,5H2,1-4H3. The van der Waals surface area contributed by atoms with Crippen LogP contribution in [-0.4, -0.2) is 27.3 Å². The molecule has 0 radical (unpaired) electrons. The molecule has 0 saturated carbocycles. The number of carbonyl (C=O) groups excluding carboxylic acids is 1. The number of hydrogen-bond acceptors (Lipinski definition) is 5. The Balaban J connectivity index is 1.96. The number of benzene rings is 2. The highest BCUT2D eigenvalue weighted by Crippen LogP contribution is 2.39. The third-order valence-electron chi connectivity index (χ3n) is 4.38. The molecule has 2 aromatic rings. The number of aryl methyl sites for hydroxylation is 1. The fourth-order valence-electron chi connectivity index (χ4n) is 2.90. The van der Waals surface area contributed by atoms with E-state index in [2.05, 4.69) is 6.92 Å². The zero-order valence-electron chi connectivity index (χ0n) is 15.9.